The van der Waals surface area contributed by atoms with Crippen LogP contribution in [0.5, 0.6) is 5.75 Å². The first-order valence-corrected chi connectivity index (χ1v) is 4.91. The third-order valence-corrected chi connectivity index (χ3v) is 3.08. The zero-order valence-electron chi connectivity index (χ0n) is 7.24. The van der Waals surface area contributed by atoms with Crippen molar-refractivity contribution in [3.05, 3.63) is 28.6 Å². The predicted octanol–water partition coefficient (Wildman–Crippen LogP) is 2.41. The third kappa shape index (κ3) is 1.20. The highest BCUT2D eigenvalue weighted by molar-refractivity contribution is 7.17. The van der Waals surface area contributed by atoms with Gasteiger partial charge in [0, 0.05) is 15.6 Å². The average molecular weight is 194 g/mol. The van der Waals surface area contributed by atoms with E-state index in [9.17, 15) is 5.11 Å². The maximum atomic E-state index is 9.77. The van der Waals surface area contributed by atoms with Crippen molar-refractivity contribution in [2.75, 3.05) is 0 Å². The zero-order valence-corrected chi connectivity index (χ0v) is 8.06. The molecule has 0 amide bonds. The molecule has 1 aromatic heterocycles. The number of benzene rings is 1. The Balaban J connectivity index is 2.85. The second kappa shape index (κ2) is 3.01. The summed E-state index contributed by atoms with van der Waals surface area (Å²) in [5.74, 6) is 0.221. The van der Waals surface area contributed by atoms with Crippen molar-refractivity contribution in [1.29, 1.82) is 0 Å². The van der Waals surface area contributed by atoms with E-state index in [4.69, 9.17) is 5.11 Å². The summed E-state index contributed by atoms with van der Waals surface area (Å²) in [5.41, 5.74) is 1.57. The molecule has 1 heterocycles. The number of fused-ring (bicyclic) bond motifs is 1. The molecule has 0 aliphatic rings. The summed E-state index contributed by atoms with van der Waals surface area (Å²) in [6.45, 7) is 1.79. The van der Waals surface area contributed by atoms with Gasteiger partial charge in [0.2, 0.25) is 0 Å². The van der Waals surface area contributed by atoms with E-state index in [1.165, 1.54) is 0 Å². The molecule has 2 rings (SSSR count). The van der Waals surface area contributed by atoms with Crippen molar-refractivity contribution < 1.29 is 10.2 Å². The number of aliphatic hydroxyl groups is 1. The molecular weight excluding hydrogens is 184 g/mol. The van der Waals surface area contributed by atoms with Gasteiger partial charge in [-0.05, 0) is 30.0 Å². The second-order valence-corrected chi connectivity index (χ2v) is 3.96. The number of thiophene rings is 1. The van der Waals surface area contributed by atoms with E-state index in [1.54, 1.807) is 11.3 Å². The SMILES string of the molecule is Cc1cc2sccc2c(O)c1CO. The molecule has 13 heavy (non-hydrogen) atoms. The molecule has 3 heteroatoms. The fourth-order valence-corrected chi connectivity index (χ4v) is 2.35. The van der Waals surface area contributed by atoms with E-state index < -0.39 is 0 Å². The molecule has 0 spiro atoms. The molecule has 0 radical (unpaired) electrons. The van der Waals surface area contributed by atoms with Crippen molar-refractivity contribution in [3.63, 3.8) is 0 Å². The van der Waals surface area contributed by atoms with Crippen molar-refractivity contribution in [3.8, 4) is 5.75 Å². The lowest BCUT2D eigenvalue weighted by molar-refractivity contribution is 0.275. The number of phenols is 1. The third-order valence-electron chi connectivity index (χ3n) is 2.22. The van der Waals surface area contributed by atoms with Crippen molar-refractivity contribution in [1.82, 2.24) is 0 Å². The minimum Gasteiger partial charge on any atom is -0.507 e. The van der Waals surface area contributed by atoms with Gasteiger partial charge in [0.15, 0.2) is 0 Å². The number of rotatable bonds is 1. The Morgan fingerprint density at radius 2 is 2.23 bits per heavy atom. The summed E-state index contributed by atoms with van der Waals surface area (Å²) in [5, 5.41) is 21.6. The molecule has 2 N–H and O–H groups in total. The Morgan fingerprint density at radius 3 is 2.92 bits per heavy atom. The molecule has 0 saturated carbocycles. The second-order valence-electron chi connectivity index (χ2n) is 3.01. The fraction of sp³-hybridized carbons (Fsp3) is 0.200. The lowest BCUT2D eigenvalue weighted by atomic mass is 10.1. The molecule has 2 aromatic rings. The summed E-state index contributed by atoms with van der Waals surface area (Å²) >= 11 is 1.59. The van der Waals surface area contributed by atoms with Crippen LogP contribution in [0, 0.1) is 6.92 Å². The molecule has 0 bridgehead atoms. The van der Waals surface area contributed by atoms with E-state index >= 15 is 0 Å². The van der Waals surface area contributed by atoms with Gasteiger partial charge in [-0.1, -0.05) is 0 Å². The van der Waals surface area contributed by atoms with Crippen LogP contribution in [-0.2, 0) is 6.61 Å². The highest BCUT2D eigenvalue weighted by Crippen LogP contribution is 2.34. The summed E-state index contributed by atoms with van der Waals surface area (Å²) in [6.07, 6.45) is 0. The van der Waals surface area contributed by atoms with Gasteiger partial charge < -0.3 is 10.2 Å². The van der Waals surface area contributed by atoms with Crippen LogP contribution in [0.3, 0.4) is 0 Å². The molecule has 68 valence electrons. The van der Waals surface area contributed by atoms with Gasteiger partial charge in [-0.2, -0.15) is 0 Å². The van der Waals surface area contributed by atoms with Crippen LogP contribution in [0.1, 0.15) is 11.1 Å². The van der Waals surface area contributed by atoms with Crippen LogP contribution in [0.25, 0.3) is 10.1 Å². The maximum absolute atomic E-state index is 9.77. The largest absolute Gasteiger partial charge is 0.507 e. The molecule has 0 aliphatic heterocycles. The molecule has 2 nitrogen and oxygen atoms in total. The Bertz CT molecular complexity index is 445. The predicted molar refractivity (Wildman–Crippen MR) is 54.1 cm³/mol. The lowest BCUT2D eigenvalue weighted by Gasteiger charge is -2.06. The molecule has 0 fully saturated rings. The molecule has 0 unspecified atom stereocenters. The van der Waals surface area contributed by atoms with Gasteiger partial charge in [0.1, 0.15) is 5.75 Å². The smallest absolute Gasteiger partial charge is 0.130 e. The van der Waals surface area contributed by atoms with E-state index in [0.29, 0.717) is 5.56 Å². The van der Waals surface area contributed by atoms with Gasteiger partial charge in [-0.3, -0.25) is 0 Å². The van der Waals surface area contributed by atoms with Crippen LogP contribution in [0.2, 0.25) is 0 Å². The number of aryl methyl sites for hydroxylation is 1. The minimum absolute atomic E-state index is 0.108. The summed E-state index contributed by atoms with van der Waals surface area (Å²) in [7, 11) is 0. The van der Waals surface area contributed by atoms with Gasteiger partial charge in [0.25, 0.3) is 0 Å². The summed E-state index contributed by atoms with van der Waals surface area (Å²) in [6, 6.07) is 3.86. The Hall–Kier alpha value is -1.06. The van der Waals surface area contributed by atoms with E-state index in [2.05, 4.69) is 0 Å². The van der Waals surface area contributed by atoms with E-state index in [1.807, 2.05) is 24.4 Å². The molecular formula is C10H10O2S. The highest BCUT2D eigenvalue weighted by Gasteiger charge is 2.09. The topological polar surface area (TPSA) is 40.5 Å². The fourth-order valence-electron chi connectivity index (χ4n) is 1.46. The van der Waals surface area contributed by atoms with Gasteiger partial charge in [-0.15, -0.1) is 11.3 Å². The Morgan fingerprint density at radius 1 is 1.46 bits per heavy atom. The first-order chi connectivity index (χ1) is 6.24. The van der Waals surface area contributed by atoms with E-state index in [-0.39, 0.29) is 12.4 Å². The first-order valence-electron chi connectivity index (χ1n) is 4.03. The van der Waals surface area contributed by atoms with Crippen LogP contribution in [0.4, 0.5) is 0 Å². The lowest BCUT2D eigenvalue weighted by Crippen LogP contribution is -1.89. The van der Waals surface area contributed by atoms with Crippen molar-refractivity contribution >= 4 is 21.4 Å². The van der Waals surface area contributed by atoms with Crippen LogP contribution in [0.15, 0.2) is 17.5 Å². The van der Waals surface area contributed by atoms with Crippen LogP contribution < -0.4 is 0 Å². The Labute approximate surface area is 80.1 Å². The minimum atomic E-state index is -0.108. The number of aliphatic hydroxyl groups excluding tert-OH is 1. The normalized spacial score (nSPS) is 10.9. The molecule has 1 aromatic carbocycles. The standard InChI is InChI=1S/C10H10O2S/c1-6-4-9-7(2-3-13-9)10(12)8(6)5-11/h2-4,11-12H,5H2,1H3. The monoisotopic (exact) mass is 194 g/mol. The van der Waals surface area contributed by atoms with E-state index in [0.717, 1.165) is 15.6 Å². The van der Waals surface area contributed by atoms with Crippen molar-refractivity contribution in [2.24, 2.45) is 0 Å². The number of aromatic hydroxyl groups is 1. The van der Waals surface area contributed by atoms with Crippen molar-refractivity contribution in [2.45, 2.75) is 13.5 Å². The van der Waals surface area contributed by atoms with Gasteiger partial charge >= 0.3 is 0 Å². The Kier molecular flexibility index (Phi) is 1.98. The molecule has 0 atom stereocenters. The zero-order chi connectivity index (χ0) is 9.42. The number of hydrogen-bond donors (Lipinski definition) is 2. The van der Waals surface area contributed by atoms with Crippen LogP contribution >= 0.6 is 11.3 Å². The average Bonchev–Trinajstić information content (AvgIpc) is 2.53. The van der Waals surface area contributed by atoms with Gasteiger partial charge in [0.05, 0.1) is 6.61 Å². The van der Waals surface area contributed by atoms with Gasteiger partial charge in [-0.25, -0.2) is 0 Å². The molecule has 0 saturated heterocycles. The molecule has 0 aliphatic carbocycles. The van der Waals surface area contributed by atoms with Crippen LogP contribution in [-0.4, -0.2) is 10.2 Å². The highest BCUT2D eigenvalue weighted by atomic mass is 32.1. The summed E-state index contributed by atoms with van der Waals surface area (Å²) < 4.78 is 1.06. The summed E-state index contributed by atoms with van der Waals surface area (Å²) in [4.78, 5) is 0. The first kappa shape index (κ1) is 8.53. The maximum Gasteiger partial charge on any atom is 0.130 e. The quantitative estimate of drug-likeness (QED) is 0.731. The number of hydrogen-bond acceptors (Lipinski definition) is 3.